The summed E-state index contributed by atoms with van der Waals surface area (Å²) >= 11 is 8.36. The van der Waals surface area contributed by atoms with Gasteiger partial charge in [-0.15, -0.1) is 0 Å². The molecule has 1 aliphatic rings. The number of rotatable bonds is 4. The Morgan fingerprint density at radius 3 is 2.95 bits per heavy atom. The third kappa shape index (κ3) is 3.13. The zero-order valence-electron chi connectivity index (χ0n) is 11.2. The predicted octanol–water partition coefficient (Wildman–Crippen LogP) is 4.18. The van der Waals surface area contributed by atoms with E-state index in [1.54, 1.807) is 6.20 Å². The van der Waals surface area contributed by atoms with E-state index in [1.165, 1.54) is 12.2 Å². The molecule has 2 heterocycles. The minimum Gasteiger partial charge on any atom is -0.484 e. The maximum atomic E-state index is 6.39. The van der Waals surface area contributed by atoms with E-state index in [4.69, 9.17) is 16.3 Å². The number of aromatic nitrogens is 2. The van der Waals surface area contributed by atoms with Crippen molar-refractivity contribution in [2.75, 3.05) is 11.5 Å². The summed E-state index contributed by atoms with van der Waals surface area (Å²) in [6, 6.07) is 10.5. The molecule has 1 unspecified atom stereocenters. The summed E-state index contributed by atoms with van der Waals surface area (Å²) < 4.78 is 7.68. The molecule has 1 aromatic heterocycles. The lowest BCUT2D eigenvalue weighted by Gasteiger charge is -2.22. The molecule has 2 aromatic rings. The van der Waals surface area contributed by atoms with Gasteiger partial charge in [0.15, 0.2) is 10.9 Å². The Morgan fingerprint density at radius 2 is 2.20 bits per heavy atom. The van der Waals surface area contributed by atoms with Crippen LogP contribution in [0.4, 0.5) is 0 Å². The molecule has 0 spiro atoms. The first-order chi connectivity index (χ1) is 9.84. The van der Waals surface area contributed by atoms with Gasteiger partial charge in [-0.05, 0) is 24.2 Å². The van der Waals surface area contributed by atoms with E-state index in [1.807, 2.05) is 46.8 Å². The maximum Gasteiger partial charge on any atom is 0.176 e. The summed E-state index contributed by atoms with van der Waals surface area (Å²) in [5.74, 6) is 3.00. The van der Waals surface area contributed by atoms with E-state index in [2.05, 4.69) is 5.10 Å². The highest BCUT2D eigenvalue weighted by Gasteiger charge is 2.21. The molecule has 1 aromatic carbocycles. The number of ether oxygens (including phenoxy) is 1. The highest BCUT2D eigenvalue weighted by molar-refractivity contribution is 7.99. The standard InChI is InChI=1S/C15H17ClN2OS/c16-15-14(19-10-12-5-2-1-3-6-12)9-17-18(15)13-7-4-8-20-11-13/h1-3,5-6,9,13H,4,7-8,10-11H2. The molecule has 0 amide bonds. The van der Waals surface area contributed by atoms with Gasteiger partial charge < -0.3 is 4.74 Å². The van der Waals surface area contributed by atoms with Crippen LogP contribution in [0.3, 0.4) is 0 Å². The van der Waals surface area contributed by atoms with Crippen molar-refractivity contribution in [2.45, 2.75) is 25.5 Å². The summed E-state index contributed by atoms with van der Waals surface area (Å²) in [5.41, 5.74) is 1.13. The molecule has 20 heavy (non-hydrogen) atoms. The van der Waals surface area contributed by atoms with Crippen LogP contribution in [0.2, 0.25) is 5.15 Å². The molecule has 0 saturated carbocycles. The van der Waals surface area contributed by atoms with Gasteiger partial charge >= 0.3 is 0 Å². The Hall–Kier alpha value is -1.13. The maximum absolute atomic E-state index is 6.39. The molecule has 3 rings (SSSR count). The van der Waals surface area contributed by atoms with Crippen LogP contribution in [0.25, 0.3) is 0 Å². The van der Waals surface area contributed by atoms with E-state index < -0.39 is 0 Å². The molecule has 0 bridgehead atoms. The van der Waals surface area contributed by atoms with E-state index in [0.717, 1.165) is 17.7 Å². The second-order valence-corrected chi connectivity index (χ2v) is 6.40. The normalized spacial score (nSPS) is 18.9. The molecule has 5 heteroatoms. The first-order valence-corrected chi connectivity index (χ1v) is 8.35. The lowest BCUT2D eigenvalue weighted by atomic mass is 10.2. The number of hydrogen-bond acceptors (Lipinski definition) is 3. The quantitative estimate of drug-likeness (QED) is 0.847. The highest BCUT2D eigenvalue weighted by atomic mass is 35.5. The molecule has 1 saturated heterocycles. The lowest BCUT2D eigenvalue weighted by Crippen LogP contribution is -2.17. The van der Waals surface area contributed by atoms with Crippen LogP contribution >= 0.6 is 23.4 Å². The van der Waals surface area contributed by atoms with Gasteiger partial charge in [-0.3, -0.25) is 0 Å². The second-order valence-electron chi connectivity index (χ2n) is 4.89. The summed E-state index contributed by atoms with van der Waals surface area (Å²) in [5, 5.41) is 5.02. The molecule has 0 N–H and O–H groups in total. The first kappa shape index (κ1) is 13.8. The summed E-state index contributed by atoms with van der Waals surface area (Å²) in [4.78, 5) is 0. The molecule has 1 atom stereocenters. The van der Waals surface area contributed by atoms with Crippen molar-refractivity contribution in [2.24, 2.45) is 0 Å². The third-order valence-electron chi connectivity index (χ3n) is 3.42. The second kappa shape index (κ2) is 6.55. The predicted molar refractivity (Wildman–Crippen MR) is 83.6 cm³/mol. The van der Waals surface area contributed by atoms with Gasteiger partial charge in [-0.2, -0.15) is 16.9 Å². The van der Waals surface area contributed by atoms with Gasteiger partial charge in [0, 0.05) is 5.75 Å². The Bertz CT molecular complexity index is 552. The minimum atomic E-state index is 0.398. The van der Waals surface area contributed by atoms with Gasteiger partial charge in [0.1, 0.15) is 6.61 Å². The van der Waals surface area contributed by atoms with Crippen molar-refractivity contribution in [3.8, 4) is 5.75 Å². The lowest BCUT2D eigenvalue weighted by molar-refractivity contribution is 0.305. The Balaban J connectivity index is 1.67. The average molecular weight is 309 g/mol. The van der Waals surface area contributed by atoms with E-state index in [0.29, 0.717) is 23.6 Å². The van der Waals surface area contributed by atoms with Gasteiger partial charge in [0.2, 0.25) is 0 Å². The first-order valence-electron chi connectivity index (χ1n) is 6.82. The highest BCUT2D eigenvalue weighted by Crippen LogP contribution is 2.33. The number of benzene rings is 1. The van der Waals surface area contributed by atoms with Gasteiger partial charge in [0.05, 0.1) is 12.2 Å². The van der Waals surface area contributed by atoms with Crippen molar-refractivity contribution in [3.63, 3.8) is 0 Å². The van der Waals surface area contributed by atoms with Crippen molar-refractivity contribution >= 4 is 23.4 Å². The number of halogens is 1. The van der Waals surface area contributed by atoms with Crippen LogP contribution in [-0.2, 0) is 6.61 Å². The molecule has 1 aliphatic heterocycles. The van der Waals surface area contributed by atoms with Crippen molar-refractivity contribution < 1.29 is 4.74 Å². The third-order valence-corrected chi connectivity index (χ3v) is 4.98. The smallest absolute Gasteiger partial charge is 0.176 e. The Morgan fingerprint density at radius 1 is 1.35 bits per heavy atom. The van der Waals surface area contributed by atoms with Crippen LogP contribution in [0.1, 0.15) is 24.4 Å². The fourth-order valence-electron chi connectivity index (χ4n) is 2.33. The van der Waals surface area contributed by atoms with Crippen LogP contribution in [0.15, 0.2) is 36.5 Å². The fraction of sp³-hybridized carbons (Fsp3) is 0.400. The topological polar surface area (TPSA) is 27.1 Å². The molecular formula is C15H17ClN2OS. The molecule has 1 fully saturated rings. The average Bonchev–Trinajstić information content (AvgIpc) is 2.88. The summed E-state index contributed by atoms with van der Waals surface area (Å²) in [6.07, 6.45) is 4.10. The fourth-order valence-corrected chi connectivity index (χ4v) is 3.74. The van der Waals surface area contributed by atoms with E-state index >= 15 is 0 Å². The monoisotopic (exact) mass is 308 g/mol. The zero-order chi connectivity index (χ0) is 13.8. The zero-order valence-corrected chi connectivity index (χ0v) is 12.7. The molecule has 0 aliphatic carbocycles. The molecule has 3 nitrogen and oxygen atoms in total. The number of hydrogen-bond donors (Lipinski definition) is 0. The van der Waals surface area contributed by atoms with Crippen LogP contribution < -0.4 is 4.74 Å². The summed E-state index contributed by atoms with van der Waals surface area (Å²) in [7, 11) is 0. The van der Waals surface area contributed by atoms with Crippen molar-refractivity contribution in [1.82, 2.24) is 9.78 Å². The van der Waals surface area contributed by atoms with Crippen LogP contribution in [0.5, 0.6) is 5.75 Å². The van der Waals surface area contributed by atoms with Gasteiger partial charge in [-0.25, -0.2) is 4.68 Å². The number of nitrogens with zero attached hydrogens (tertiary/aromatic N) is 2. The number of thioether (sulfide) groups is 1. The Kier molecular flexibility index (Phi) is 4.53. The minimum absolute atomic E-state index is 0.398. The van der Waals surface area contributed by atoms with Gasteiger partial charge in [-0.1, -0.05) is 41.9 Å². The van der Waals surface area contributed by atoms with E-state index in [-0.39, 0.29) is 0 Å². The van der Waals surface area contributed by atoms with Gasteiger partial charge in [0.25, 0.3) is 0 Å². The molecular weight excluding hydrogens is 292 g/mol. The van der Waals surface area contributed by atoms with Crippen molar-refractivity contribution in [1.29, 1.82) is 0 Å². The van der Waals surface area contributed by atoms with Crippen LogP contribution in [0, 0.1) is 0 Å². The van der Waals surface area contributed by atoms with Crippen LogP contribution in [-0.4, -0.2) is 21.3 Å². The van der Waals surface area contributed by atoms with Crippen molar-refractivity contribution in [3.05, 3.63) is 47.2 Å². The largest absolute Gasteiger partial charge is 0.484 e. The SMILES string of the molecule is Clc1c(OCc2ccccc2)cnn1C1CCCSC1. The molecule has 0 radical (unpaired) electrons. The molecule has 106 valence electrons. The van der Waals surface area contributed by atoms with E-state index in [9.17, 15) is 0 Å². The summed E-state index contributed by atoms with van der Waals surface area (Å²) in [6.45, 7) is 0.520. The Labute approximate surface area is 128 Å².